The molecule has 0 bridgehead atoms. The average Bonchev–Trinajstić information content (AvgIpc) is 3.01. The lowest BCUT2D eigenvalue weighted by Crippen LogP contribution is -2.19. The molecule has 0 fully saturated rings. The Morgan fingerprint density at radius 1 is 1.32 bits per heavy atom. The summed E-state index contributed by atoms with van der Waals surface area (Å²) in [7, 11) is 1.53. The van der Waals surface area contributed by atoms with Gasteiger partial charge in [-0.25, -0.2) is 13.8 Å². The quantitative estimate of drug-likeness (QED) is 0.885. The Bertz CT molecular complexity index is 737. The van der Waals surface area contributed by atoms with Gasteiger partial charge in [0.25, 0.3) is 0 Å². The number of methoxy groups -OCH3 is 1. The molecule has 0 radical (unpaired) electrons. The van der Waals surface area contributed by atoms with Gasteiger partial charge in [-0.2, -0.15) is 5.11 Å². The predicted octanol–water partition coefficient (Wildman–Crippen LogP) is 2.88. The number of nitrogens with two attached hydrogens (primary N) is 1. The van der Waals surface area contributed by atoms with Crippen LogP contribution in [0.3, 0.4) is 0 Å². The van der Waals surface area contributed by atoms with Crippen molar-refractivity contribution in [3.05, 3.63) is 47.8 Å². The molecule has 8 heteroatoms. The van der Waals surface area contributed by atoms with E-state index < -0.39 is 11.6 Å². The van der Waals surface area contributed by atoms with Crippen molar-refractivity contribution in [1.82, 2.24) is 4.98 Å². The van der Waals surface area contributed by atoms with E-state index in [1.807, 2.05) is 0 Å². The van der Waals surface area contributed by atoms with Crippen LogP contribution in [-0.2, 0) is 0 Å². The fraction of sp³-hybridized carbons (Fsp3) is 0.214. The molecule has 2 heterocycles. The zero-order valence-corrected chi connectivity index (χ0v) is 11.7. The average molecular weight is 305 g/mol. The van der Waals surface area contributed by atoms with Gasteiger partial charge in [0.15, 0.2) is 11.6 Å². The Morgan fingerprint density at radius 3 is 2.91 bits per heavy atom. The van der Waals surface area contributed by atoms with Gasteiger partial charge in [-0.3, -0.25) is 4.98 Å². The highest BCUT2D eigenvalue weighted by Crippen LogP contribution is 2.34. The number of rotatable bonds is 3. The molecule has 114 valence electrons. The third-order valence-corrected chi connectivity index (χ3v) is 3.35. The Balaban J connectivity index is 1.87. The van der Waals surface area contributed by atoms with Crippen LogP contribution in [0.5, 0.6) is 5.75 Å². The molecule has 1 aliphatic rings. The second-order valence-electron chi connectivity index (χ2n) is 4.76. The third kappa shape index (κ3) is 2.43. The molecule has 1 unspecified atom stereocenters. The maximum atomic E-state index is 14.0. The highest BCUT2D eigenvalue weighted by atomic mass is 19.1. The van der Waals surface area contributed by atoms with E-state index in [0.717, 1.165) is 16.6 Å². The number of halogens is 2. The van der Waals surface area contributed by atoms with Gasteiger partial charge in [0.1, 0.15) is 17.5 Å². The van der Waals surface area contributed by atoms with Crippen LogP contribution in [0.1, 0.15) is 11.6 Å². The molecule has 3 rings (SSSR count). The lowest BCUT2D eigenvalue weighted by Gasteiger charge is -2.16. The molecule has 0 saturated heterocycles. The minimum absolute atomic E-state index is 0.141. The van der Waals surface area contributed by atoms with Crippen molar-refractivity contribution < 1.29 is 13.5 Å². The number of aromatic nitrogens is 1. The summed E-state index contributed by atoms with van der Waals surface area (Å²) in [6, 6.07) is 3.64. The first-order valence-corrected chi connectivity index (χ1v) is 6.51. The fourth-order valence-electron chi connectivity index (χ4n) is 2.19. The van der Waals surface area contributed by atoms with Crippen molar-refractivity contribution in [2.24, 2.45) is 10.3 Å². The molecule has 0 amide bonds. The monoisotopic (exact) mass is 305 g/mol. The first-order chi connectivity index (χ1) is 10.6. The summed E-state index contributed by atoms with van der Waals surface area (Å²) in [6.07, 6.45) is 3.17. The van der Waals surface area contributed by atoms with E-state index in [2.05, 4.69) is 15.3 Å². The Morgan fingerprint density at radius 2 is 2.14 bits per heavy atom. The number of nitrogens with zero attached hydrogens (tertiary/aromatic N) is 4. The molecule has 0 aliphatic carbocycles. The molecule has 0 spiro atoms. The Labute approximate surface area is 125 Å². The first-order valence-electron chi connectivity index (χ1n) is 6.51. The summed E-state index contributed by atoms with van der Waals surface area (Å²) < 4.78 is 33.0. The SMILES string of the molecule is COc1cncc(C2CN(c3c(F)ccc(N)c3F)N=N2)c1. The minimum atomic E-state index is -0.844. The number of hydrogen-bond acceptors (Lipinski definition) is 6. The maximum absolute atomic E-state index is 14.0. The van der Waals surface area contributed by atoms with Crippen molar-refractivity contribution in [3.8, 4) is 5.75 Å². The van der Waals surface area contributed by atoms with E-state index in [0.29, 0.717) is 5.75 Å². The van der Waals surface area contributed by atoms with Gasteiger partial charge in [-0.15, -0.1) is 0 Å². The van der Waals surface area contributed by atoms with Gasteiger partial charge in [0, 0.05) is 11.8 Å². The van der Waals surface area contributed by atoms with E-state index >= 15 is 0 Å². The lowest BCUT2D eigenvalue weighted by molar-refractivity contribution is 0.412. The van der Waals surface area contributed by atoms with Gasteiger partial charge in [-0.05, 0) is 18.2 Å². The number of pyridine rings is 1. The summed E-state index contributed by atoms with van der Waals surface area (Å²) in [5.41, 5.74) is 5.78. The van der Waals surface area contributed by atoms with Gasteiger partial charge in [0.2, 0.25) is 0 Å². The minimum Gasteiger partial charge on any atom is -0.495 e. The van der Waals surface area contributed by atoms with E-state index in [9.17, 15) is 8.78 Å². The van der Waals surface area contributed by atoms with E-state index in [1.54, 1.807) is 18.5 Å². The molecule has 2 N–H and O–H groups in total. The predicted molar refractivity (Wildman–Crippen MR) is 76.5 cm³/mol. The molecular formula is C14H13F2N5O. The highest BCUT2D eigenvalue weighted by Gasteiger charge is 2.27. The van der Waals surface area contributed by atoms with E-state index in [4.69, 9.17) is 10.5 Å². The van der Waals surface area contributed by atoms with Crippen LogP contribution in [0, 0.1) is 11.6 Å². The van der Waals surface area contributed by atoms with Crippen molar-refractivity contribution in [1.29, 1.82) is 0 Å². The number of hydrogen-bond donors (Lipinski definition) is 1. The summed E-state index contributed by atoms with van der Waals surface area (Å²) in [6.45, 7) is 0.187. The molecule has 2 aromatic rings. The number of ether oxygens (including phenoxy) is 1. The topological polar surface area (TPSA) is 76.1 Å². The van der Waals surface area contributed by atoms with E-state index in [1.165, 1.54) is 13.2 Å². The number of anilines is 2. The molecular weight excluding hydrogens is 292 g/mol. The zero-order valence-electron chi connectivity index (χ0n) is 11.7. The zero-order chi connectivity index (χ0) is 15.7. The largest absolute Gasteiger partial charge is 0.495 e. The summed E-state index contributed by atoms with van der Waals surface area (Å²) in [4.78, 5) is 4.03. The second-order valence-corrected chi connectivity index (χ2v) is 4.76. The number of benzene rings is 1. The molecule has 1 aromatic heterocycles. The molecule has 6 nitrogen and oxygen atoms in total. The molecule has 1 aliphatic heterocycles. The first kappa shape index (κ1) is 14.2. The van der Waals surface area contributed by atoms with Crippen LogP contribution in [0.25, 0.3) is 0 Å². The van der Waals surface area contributed by atoms with Crippen LogP contribution in [0.15, 0.2) is 40.9 Å². The Kier molecular flexibility index (Phi) is 3.58. The van der Waals surface area contributed by atoms with Crippen molar-refractivity contribution in [3.63, 3.8) is 0 Å². The highest BCUT2D eigenvalue weighted by molar-refractivity contribution is 5.59. The van der Waals surface area contributed by atoms with Crippen LogP contribution < -0.4 is 15.5 Å². The lowest BCUT2D eigenvalue weighted by atomic mass is 10.1. The van der Waals surface area contributed by atoms with Gasteiger partial charge < -0.3 is 10.5 Å². The second kappa shape index (κ2) is 5.55. The summed E-state index contributed by atoms with van der Waals surface area (Å²) in [5, 5.41) is 9.03. The smallest absolute Gasteiger partial charge is 0.174 e. The van der Waals surface area contributed by atoms with Gasteiger partial charge >= 0.3 is 0 Å². The van der Waals surface area contributed by atoms with Gasteiger partial charge in [0.05, 0.1) is 25.5 Å². The van der Waals surface area contributed by atoms with Crippen LogP contribution >= 0.6 is 0 Å². The maximum Gasteiger partial charge on any atom is 0.174 e. The van der Waals surface area contributed by atoms with Crippen molar-refractivity contribution in [2.45, 2.75) is 6.04 Å². The standard InChI is InChI=1S/C14H13F2N5O/c1-22-9-4-8(5-18-6-9)12-7-21(20-19-12)14-10(15)2-3-11(17)13(14)16/h2-6,12H,7,17H2,1H3. The normalized spacial score (nSPS) is 17.0. The summed E-state index contributed by atoms with van der Waals surface area (Å²) >= 11 is 0. The molecule has 1 aromatic carbocycles. The van der Waals surface area contributed by atoms with Crippen LogP contribution in [0.4, 0.5) is 20.2 Å². The van der Waals surface area contributed by atoms with Crippen LogP contribution in [0.2, 0.25) is 0 Å². The van der Waals surface area contributed by atoms with Crippen LogP contribution in [-0.4, -0.2) is 18.6 Å². The third-order valence-electron chi connectivity index (χ3n) is 3.35. The summed E-state index contributed by atoms with van der Waals surface area (Å²) in [5.74, 6) is -1.01. The molecule has 1 atom stereocenters. The fourth-order valence-corrected chi connectivity index (χ4v) is 2.19. The Hall–Kier alpha value is -2.77. The van der Waals surface area contributed by atoms with Crippen molar-refractivity contribution >= 4 is 11.4 Å². The van der Waals surface area contributed by atoms with Gasteiger partial charge in [-0.1, -0.05) is 5.22 Å². The van der Waals surface area contributed by atoms with E-state index in [-0.39, 0.29) is 24.0 Å². The number of nitrogen functional groups attached to an aromatic ring is 1. The van der Waals surface area contributed by atoms with Crippen molar-refractivity contribution in [2.75, 3.05) is 24.4 Å². The molecule has 22 heavy (non-hydrogen) atoms. The molecule has 0 saturated carbocycles.